The van der Waals surface area contributed by atoms with Crippen LogP contribution in [-0.2, 0) is 11.3 Å². The van der Waals surface area contributed by atoms with Crippen molar-refractivity contribution < 1.29 is 14.3 Å². The van der Waals surface area contributed by atoms with E-state index in [0.29, 0.717) is 6.54 Å². The van der Waals surface area contributed by atoms with Crippen LogP contribution in [0.4, 0.5) is 0 Å². The van der Waals surface area contributed by atoms with Gasteiger partial charge in [-0.25, -0.2) is 0 Å². The summed E-state index contributed by atoms with van der Waals surface area (Å²) >= 11 is 5.41. The van der Waals surface area contributed by atoms with Gasteiger partial charge in [0.05, 0.1) is 14.2 Å². The Bertz CT molecular complexity index is 407. The van der Waals surface area contributed by atoms with Crippen molar-refractivity contribution in [3.8, 4) is 11.5 Å². The SMILES string of the molecule is COc1ccc(CNC(=O)CCl)c(OC)c1C. The summed E-state index contributed by atoms with van der Waals surface area (Å²) in [6.45, 7) is 2.30. The number of carbonyl (C=O) groups excluding carboxylic acids is 1. The van der Waals surface area contributed by atoms with Gasteiger partial charge in [0.25, 0.3) is 0 Å². The molecule has 1 aromatic carbocycles. The molecule has 4 nitrogen and oxygen atoms in total. The Balaban J connectivity index is 2.92. The Kier molecular flexibility index (Phi) is 5.10. The molecule has 1 aromatic rings. The summed E-state index contributed by atoms with van der Waals surface area (Å²) < 4.78 is 10.5. The van der Waals surface area contributed by atoms with E-state index in [4.69, 9.17) is 21.1 Å². The maximum absolute atomic E-state index is 11.1. The highest BCUT2D eigenvalue weighted by Gasteiger charge is 2.11. The average molecular weight is 258 g/mol. The molecule has 0 fully saturated rings. The molecule has 0 atom stereocenters. The molecule has 0 spiro atoms. The van der Waals surface area contributed by atoms with E-state index in [9.17, 15) is 4.79 Å². The highest BCUT2D eigenvalue weighted by Crippen LogP contribution is 2.31. The molecule has 17 heavy (non-hydrogen) atoms. The molecular formula is C12H16ClNO3. The lowest BCUT2D eigenvalue weighted by atomic mass is 10.1. The Morgan fingerprint density at radius 1 is 1.35 bits per heavy atom. The first-order valence-corrected chi connectivity index (χ1v) is 5.70. The van der Waals surface area contributed by atoms with Crippen LogP contribution in [0.15, 0.2) is 12.1 Å². The van der Waals surface area contributed by atoms with Gasteiger partial charge < -0.3 is 14.8 Å². The number of methoxy groups -OCH3 is 2. The molecule has 1 amide bonds. The molecular weight excluding hydrogens is 242 g/mol. The summed E-state index contributed by atoms with van der Waals surface area (Å²) in [6.07, 6.45) is 0. The minimum atomic E-state index is -0.206. The van der Waals surface area contributed by atoms with Crippen LogP contribution in [0, 0.1) is 6.92 Å². The maximum atomic E-state index is 11.1. The number of hydrogen-bond acceptors (Lipinski definition) is 3. The zero-order valence-corrected chi connectivity index (χ0v) is 10.9. The van der Waals surface area contributed by atoms with E-state index in [1.807, 2.05) is 19.1 Å². The largest absolute Gasteiger partial charge is 0.496 e. The molecule has 5 heteroatoms. The molecule has 94 valence electrons. The second-order valence-electron chi connectivity index (χ2n) is 3.50. The fourth-order valence-corrected chi connectivity index (χ4v) is 1.71. The molecule has 0 saturated heterocycles. The van der Waals surface area contributed by atoms with Crippen molar-refractivity contribution in [3.63, 3.8) is 0 Å². The number of alkyl halides is 1. The lowest BCUT2D eigenvalue weighted by Gasteiger charge is -2.14. The van der Waals surface area contributed by atoms with E-state index >= 15 is 0 Å². The van der Waals surface area contributed by atoms with Gasteiger partial charge in [-0.15, -0.1) is 11.6 Å². The number of rotatable bonds is 5. The number of benzene rings is 1. The normalized spacial score (nSPS) is 9.88. The number of halogens is 1. The highest BCUT2D eigenvalue weighted by molar-refractivity contribution is 6.27. The number of ether oxygens (including phenoxy) is 2. The van der Waals surface area contributed by atoms with Crippen molar-refractivity contribution in [1.82, 2.24) is 5.32 Å². The van der Waals surface area contributed by atoms with Crippen LogP contribution in [0.5, 0.6) is 11.5 Å². The van der Waals surface area contributed by atoms with Crippen molar-refractivity contribution in [2.75, 3.05) is 20.1 Å². The molecule has 0 aliphatic rings. The van der Waals surface area contributed by atoms with E-state index in [-0.39, 0.29) is 11.8 Å². The Morgan fingerprint density at radius 2 is 2.06 bits per heavy atom. The van der Waals surface area contributed by atoms with Crippen molar-refractivity contribution in [3.05, 3.63) is 23.3 Å². The van der Waals surface area contributed by atoms with Crippen LogP contribution in [0.3, 0.4) is 0 Å². The first-order valence-electron chi connectivity index (χ1n) is 5.17. The third-order valence-corrected chi connectivity index (χ3v) is 2.70. The minimum Gasteiger partial charge on any atom is -0.496 e. The third-order valence-electron chi connectivity index (χ3n) is 2.46. The summed E-state index contributed by atoms with van der Waals surface area (Å²) in [5, 5.41) is 2.70. The van der Waals surface area contributed by atoms with Crippen LogP contribution >= 0.6 is 11.6 Å². The van der Waals surface area contributed by atoms with E-state index < -0.39 is 0 Å². The van der Waals surface area contributed by atoms with E-state index in [0.717, 1.165) is 22.6 Å². The van der Waals surface area contributed by atoms with Gasteiger partial charge in [0, 0.05) is 17.7 Å². The Hall–Kier alpha value is -1.42. The summed E-state index contributed by atoms with van der Waals surface area (Å²) in [5.41, 5.74) is 1.80. The van der Waals surface area contributed by atoms with Gasteiger partial charge >= 0.3 is 0 Å². The predicted octanol–water partition coefficient (Wildman–Crippen LogP) is 1.87. The molecule has 0 bridgehead atoms. The van der Waals surface area contributed by atoms with E-state index in [1.165, 1.54) is 0 Å². The van der Waals surface area contributed by atoms with Crippen molar-refractivity contribution in [2.24, 2.45) is 0 Å². The molecule has 0 aromatic heterocycles. The van der Waals surface area contributed by atoms with Crippen molar-refractivity contribution in [1.29, 1.82) is 0 Å². The molecule has 0 aliphatic heterocycles. The van der Waals surface area contributed by atoms with Gasteiger partial charge in [0.15, 0.2) is 0 Å². The Morgan fingerprint density at radius 3 is 2.59 bits per heavy atom. The second-order valence-corrected chi connectivity index (χ2v) is 3.76. The predicted molar refractivity (Wildman–Crippen MR) is 66.8 cm³/mol. The maximum Gasteiger partial charge on any atom is 0.235 e. The molecule has 0 saturated carbocycles. The number of carbonyl (C=O) groups is 1. The van der Waals surface area contributed by atoms with Gasteiger partial charge in [-0.1, -0.05) is 0 Å². The van der Waals surface area contributed by atoms with Gasteiger partial charge in [-0.05, 0) is 19.1 Å². The zero-order chi connectivity index (χ0) is 12.8. The van der Waals surface area contributed by atoms with Gasteiger partial charge in [0.2, 0.25) is 5.91 Å². The topological polar surface area (TPSA) is 47.6 Å². The van der Waals surface area contributed by atoms with Crippen LogP contribution < -0.4 is 14.8 Å². The highest BCUT2D eigenvalue weighted by atomic mass is 35.5. The first kappa shape index (κ1) is 13.6. The molecule has 0 unspecified atom stereocenters. The fourth-order valence-electron chi connectivity index (χ4n) is 1.62. The molecule has 1 N–H and O–H groups in total. The zero-order valence-electron chi connectivity index (χ0n) is 10.2. The average Bonchev–Trinajstić information content (AvgIpc) is 2.35. The minimum absolute atomic E-state index is 0.0442. The Labute approximate surface area is 106 Å². The summed E-state index contributed by atoms with van der Waals surface area (Å²) in [7, 11) is 3.20. The summed E-state index contributed by atoms with van der Waals surface area (Å²) in [4.78, 5) is 11.1. The standard InChI is InChI=1S/C12H16ClNO3/c1-8-10(16-2)5-4-9(12(8)17-3)7-14-11(15)6-13/h4-5H,6-7H2,1-3H3,(H,14,15). The first-order chi connectivity index (χ1) is 8.13. The van der Waals surface area contributed by atoms with E-state index in [1.54, 1.807) is 14.2 Å². The van der Waals surface area contributed by atoms with Crippen LogP contribution in [0.1, 0.15) is 11.1 Å². The quantitative estimate of drug-likeness (QED) is 0.820. The number of hydrogen-bond donors (Lipinski definition) is 1. The van der Waals surface area contributed by atoms with E-state index in [2.05, 4.69) is 5.32 Å². The van der Waals surface area contributed by atoms with Crippen LogP contribution in [-0.4, -0.2) is 26.0 Å². The van der Waals surface area contributed by atoms with Gasteiger partial charge in [-0.2, -0.15) is 0 Å². The second kappa shape index (κ2) is 6.35. The lowest BCUT2D eigenvalue weighted by Crippen LogP contribution is -2.24. The van der Waals surface area contributed by atoms with Crippen LogP contribution in [0.25, 0.3) is 0 Å². The third kappa shape index (κ3) is 3.27. The monoisotopic (exact) mass is 257 g/mol. The molecule has 0 aliphatic carbocycles. The smallest absolute Gasteiger partial charge is 0.235 e. The molecule has 1 rings (SSSR count). The number of amides is 1. The molecule has 0 heterocycles. The summed E-state index contributed by atoms with van der Waals surface area (Å²) in [6, 6.07) is 3.71. The van der Waals surface area contributed by atoms with Crippen molar-refractivity contribution in [2.45, 2.75) is 13.5 Å². The number of nitrogens with one attached hydrogen (secondary N) is 1. The van der Waals surface area contributed by atoms with Crippen molar-refractivity contribution >= 4 is 17.5 Å². The summed E-state index contributed by atoms with van der Waals surface area (Å²) in [5.74, 6) is 1.23. The van der Waals surface area contributed by atoms with Gasteiger partial charge in [-0.3, -0.25) is 4.79 Å². The van der Waals surface area contributed by atoms with Gasteiger partial charge in [0.1, 0.15) is 17.4 Å². The fraction of sp³-hybridized carbons (Fsp3) is 0.417. The lowest BCUT2D eigenvalue weighted by molar-refractivity contribution is -0.118. The van der Waals surface area contributed by atoms with Crippen LogP contribution in [0.2, 0.25) is 0 Å². The molecule has 0 radical (unpaired) electrons.